The van der Waals surface area contributed by atoms with E-state index >= 15 is 0 Å². The van der Waals surface area contributed by atoms with Crippen molar-refractivity contribution in [3.05, 3.63) is 46.0 Å². The van der Waals surface area contributed by atoms with Gasteiger partial charge >= 0.3 is 0 Å². The number of aromatic nitrogens is 4. The van der Waals surface area contributed by atoms with Crippen molar-refractivity contribution in [1.82, 2.24) is 24.3 Å². The van der Waals surface area contributed by atoms with E-state index in [0.717, 1.165) is 65.2 Å². The molecule has 8 nitrogen and oxygen atoms in total. The molecule has 5 rings (SSSR count). The van der Waals surface area contributed by atoms with E-state index in [9.17, 15) is 4.21 Å². The van der Waals surface area contributed by atoms with E-state index in [1.807, 2.05) is 50.5 Å². The first-order valence-electron chi connectivity index (χ1n) is 11.6. The summed E-state index contributed by atoms with van der Waals surface area (Å²) < 4.78 is 24.5. The molecule has 2 atom stereocenters. The van der Waals surface area contributed by atoms with Gasteiger partial charge < -0.3 is 9.64 Å². The number of piperidine rings is 1. The summed E-state index contributed by atoms with van der Waals surface area (Å²) in [5.74, 6) is 1.59. The fraction of sp³-hybridized carbons (Fsp3) is 0.542. The van der Waals surface area contributed by atoms with Crippen molar-refractivity contribution in [2.24, 2.45) is 5.41 Å². The van der Waals surface area contributed by atoms with E-state index in [-0.39, 0.29) is 16.2 Å². The van der Waals surface area contributed by atoms with Crippen molar-refractivity contribution in [1.29, 1.82) is 0 Å². The lowest BCUT2D eigenvalue weighted by Gasteiger charge is -2.44. The van der Waals surface area contributed by atoms with Gasteiger partial charge in [0, 0.05) is 24.8 Å². The second-order valence-corrected chi connectivity index (χ2v) is 13.0. The number of anilines is 1. The van der Waals surface area contributed by atoms with E-state index in [2.05, 4.69) is 36.7 Å². The van der Waals surface area contributed by atoms with Crippen molar-refractivity contribution in [2.75, 3.05) is 25.1 Å². The third-order valence-corrected chi connectivity index (χ3v) is 9.58. The minimum absolute atomic E-state index is 0.0160. The maximum Gasteiger partial charge on any atom is 0.213 e. The summed E-state index contributed by atoms with van der Waals surface area (Å²) in [5, 5.41) is 4.46. The van der Waals surface area contributed by atoms with Gasteiger partial charge in [0.1, 0.15) is 10.1 Å². The Kier molecular flexibility index (Phi) is 5.97. The molecule has 10 heteroatoms. The molecule has 3 aromatic rings. The molecular weight excluding hydrogens is 516 g/mol. The Balaban J connectivity index is 1.46. The van der Waals surface area contributed by atoms with Crippen LogP contribution >= 0.6 is 15.9 Å². The number of nitrogens with one attached hydrogen (secondary N) is 1. The number of fused-ring (bicyclic) bond motifs is 2. The summed E-state index contributed by atoms with van der Waals surface area (Å²) in [5.41, 5.74) is 4.05. The molecule has 1 N–H and O–H groups in total. The number of ether oxygens (including phenoxy) is 1. The van der Waals surface area contributed by atoms with E-state index in [0.29, 0.717) is 5.88 Å². The monoisotopic (exact) mass is 546 g/mol. The van der Waals surface area contributed by atoms with Gasteiger partial charge in [0.2, 0.25) is 5.88 Å². The van der Waals surface area contributed by atoms with Crippen LogP contribution in [0.15, 0.2) is 29.0 Å². The fourth-order valence-corrected chi connectivity index (χ4v) is 6.47. The zero-order chi connectivity index (χ0) is 24.3. The normalized spacial score (nSPS) is 20.6. The zero-order valence-corrected chi connectivity index (χ0v) is 22.7. The first kappa shape index (κ1) is 23.7. The molecule has 4 heterocycles. The molecule has 0 radical (unpaired) electrons. The smallest absolute Gasteiger partial charge is 0.213 e. The second-order valence-electron chi connectivity index (χ2n) is 10.3. The summed E-state index contributed by atoms with van der Waals surface area (Å²) in [6.07, 6.45) is 4.55. The van der Waals surface area contributed by atoms with Crippen LogP contribution in [0.2, 0.25) is 0 Å². The van der Waals surface area contributed by atoms with Gasteiger partial charge in [0.15, 0.2) is 5.82 Å². The molecule has 3 aromatic heterocycles. The Morgan fingerprint density at radius 2 is 1.94 bits per heavy atom. The number of pyridine rings is 1. The van der Waals surface area contributed by atoms with Crippen LogP contribution in [0.5, 0.6) is 5.88 Å². The Bertz CT molecular complexity index is 1260. The SMILES string of the molecule is COc1ccc2c(n1)CC1(CCN(c3nc(C)c(Br)n4nccc34)CC1)[C@@H]2NS(=O)C(C)(C)C. The zero-order valence-electron chi connectivity index (χ0n) is 20.3. The fourth-order valence-electron chi connectivity index (χ4n) is 5.15. The van der Waals surface area contributed by atoms with Gasteiger partial charge in [0.05, 0.1) is 40.8 Å². The summed E-state index contributed by atoms with van der Waals surface area (Å²) >= 11 is 3.61. The molecule has 1 unspecified atom stereocenters. The number of methoxy groups -OCH3 is 1. The number of aryl methyl sites for hydroxylation is 1. The molecule has 0 amide bonds. The number of hydrogen-bond acceptors (Lipinski definition) is 6. The predicted octanol–water partition coefficient (Wildman–Crippen LogP) is 4.14. The highest BCUT2D eigenvalue weighted by molar-refractivity contribution is 9.10. The number of nitrogens with zero attached hydrogens (tertiary/aromatic N) is 5. The molecule has 1 fully saturated rings. The van der Waals surface area contributed by atoms with Crippen LogP contribution in [-0.2, 0) is 17.4 Å². The third-order valence-electron chi connectivity index (χ3n) is 7.11. The van der Waals surface area contributed by atoms with Crippen LogP contribution in [0, 0.1) is 12.3 Å². The maximum absolute atomic E-state index is 13.2. The number of halogens is 1. The van der Waals surface area contributed by atoms with Crippen molar-refractivity contribution < 1.29 is 8.95 Å². The van der Waals surface area contributed by atoms with Crippen LogP contribution in [0.3, 0.4) is 0 Å². The first-order chi connectivity index (χ1) is 16.1. The molecule has 1 spiro atoms. The van der Waals surface area contributed by atoms with Crippen LogP contribution in [0.25, 0.3) is 5.52 Å². The average molecular weight is 548 g/mol. The van der Waals surface area contributed by atoms with Crippen molar-refractivity contribution in [3.8, 4) is 5.88 Å². The molecule has 1 aliphatic heterocycles. The molecule has 0 aromatic carbocycles. The third kappa shape index (κ3) is 3.93. The molecule has 34 heavy (non-hydrogen) atoms. The minimum Gasteiger partial charge on any atom is -0.481 e. The van der Waals surface area contributed by atoms with Gasteiger partial charge in [0.25, 0.3) is 0 Å². The molecule has 182 valence electrons. The minimum atomic E-state index is -1.18. The topological polar surface area (TPSA) is 84.7 Å². The lowest BCUT2D eigenvalue weighted by molar-refractivity contribution is 0.176. The molecule has 0 saturated carbocycles. The highest BCUT2D eigenvalue weighted by Gasteiger charge is 2.50. The largest absolute Gasteiger partial charge is 0.481 e. The molecule has 2 aliphatic rings. The van der Waals surface area contributed by atoms with Gasteiger partial charge in [-0.3, -0.25) is 0 Å². The van der Waals surface area contributed by atoms with E-state index < -0.39 is 11.0 Å². The van der Waals surface area contributed by atoms with E-state index in [4.69, 9.17) is 14.7 Å². The van der Waals surface area contributed by atoms with Gasteiger partial charge in [-0.1, -0.05) is 6.07 Å². The second kappa shape index (κ2) is 8.57. The number of rotatable bonds is 4. The highest BCUT2D eigenvalue weighted by atomic mass is 79.9. The van der Waals surface area contributed by atoms with Crippen LogP contribution in [0.1, 0.15) is 56.6 Å². The lowest BCUT2D eigenvalue weighted by atomic mass is 9.73. The lowest BCUT2D eigenvalue weighted by Crippen LogP contribution is -2.48. The van der Waals surface area contributed by atoms with Crippen molar-refractivity contribution >= 4 is 38.3 Å². The Morgan fingerprint density at radius 1 is 1.21 bits per heavy atom. The quantitative estimate of drug-likeness (QED) is 0.529. The Labute approximate surface area is 211 Å². The summed E-state index contributed by atoms with van der Waals surface area (Å²) in [7, 11) is 0.461. The van der Waals surface area contributed by atoms with Gasteiger partial charge in [-0.2, -0.15) is 5.10 Å². The maximum atomic E-state index is 13.2. The number of hydrogen-bond donors (Lipinski definition) is 1. The highest BCUT2D eigenvalue weighted by Crippen LogP contribution is 2.52. The van der Waals surface area contributed by atoms with E-state index in [1.54, 1.807) is 7.11 Å². The van der Waals surface area contributed by atoms with Crippen LogP contribution in [-0.4, -0.2) is 48.7 Å². The molecule has 1 saturated heterocycles. The molecular formula is C24H31BrN6O2S. The Morgan fingerprint density at radius 3 is 2.62 bits per heavy atom. The standard InChI is InChI=1S/C24H31BrN6O2S/c1-15-21(25)31-18(8-11-26-31)22(27-15)30-12-9-24(10-13-30)14-17-16(6-7-19(28-17)33-5)20(24)29-34(32)23(2,3)4/h6-8,11,20,29H,9-10,12-14H2,1-5H3/t20-,34?/m1/s1. The Hall–Kier alpha value is -2.04. The van der Waals surface area contributed by atoms with Crippen molar-refractivity contribution in [2.45, 2.75) is 57.7 Å². The summed E-state index contributed by atoms with van der Waals surface area (Å²) in [6.45, 7) is 9.74. The van der Waals surface area contributed by atoms with Crippen molar-refractivity contribution in [3.63, 3.8) is 0 Å². The van der Waals surface area contributed by atoms with Gasteiger partial charge in [-0.25, -0.2) is 23.4 Å². The summed E-state index contributed by atoms with van der Waals surface area (Å²) in [4.78, 5) is 12.0. The van der Waals surface area contributed by atoms with Gasteiger partial charge in [-0.15, -0.1) is 0 Å². The van der Waals surface area contributed by atoms with Crippen LogP contribution < -0.4 is 14.4 Å². The van der Waals surface area contributed by atoms with Gasteiger partial charge in [-0.05, 0) is 79.9 Å². The average Bonchev–Trinajstić information content (AvgIpc) is 3.40. The van der Waals surface area contributed by atoms with Crippen LogP contribution in [0.4, 0.5) is 5.82 Å². The molecule has 1 aliphatic carbocycles. The van der Waals surface area contributed by atoms with E-state index in [1.165, 1.54) is 0 Å². The predicted molar refractivity (Wildman–Crippen MR) is 138 cm³/mol. The summed E-state index contributed by atoms with van der Waals surface area (Å²) in [6, 6.07) is 6.00. The first-order valence-corrected chi connectivity index (χ1v) is 13.5. The molecule has 0 bridgehead atoms.